The van der Waals surface area contributed by atoms with Crippen LogP contribution in [0.2, 0.25) is 0 Å². The molecule has 1 aliphatic rings. The van der Waals surface area contributed by atoms with Crippen LogP contribution in [-0.4, -0.2) is 34.6 Å². The molecule has 1 heterocycles. The standard InChI is InChI=1S/C24H26FN3O4S/c1-3-24(13-12-20(29)28-23(24)32)16-4-8-19(9-5-16)27-22(31)15(2)33-14-21(30)26-18-10-6-17(25)7-11-18/h4-11,15H,3,12-14H2,1-2H3,(H,26,30)(H,27,31)(H,28,29,32). The van der Waals surface area contributed by atoms with Gasteiger partial charge in [0.1, 0.15) is 5.82 Å². The lowest BCUT2D eigenvalue weighted by molar-refractivity contribution is -0.138. The summed E-state index contributed by atoms with van der Waals surface area (Å²) in [5, 5.41) is 7.40. The fraction of sp³-hybridized carbons (Fsp3) is 0.333. The van der Waals surface area contributed by atoms with Gasteiger partial charge in [0.05, 0.1) is 16.4 Å². The zero-order valence-electron chi connectivity index (χ0n) is 18.4. The Morgan fingerprint density at radius 1 is 1.06 bits per heavy atom. The molecule has 0 aromatic heterocycles. The summed E-state index contributed by atoms with van der Waals surface area (Å²) >= 11 is 1.18. The van der Waals surface area contributed by atoms with Gasteiger partial charge in [-0.25, -0.2) is 4.39 Å². The lowest BCUT2D eigenvalue weighted by Gasteiger charge is -2.35. The predicted molar refractivity (Wildman–Crippen MR) is 126 cm³/mol. The largest absolute Gasteiger partial charge is 0.325 e. The molecule has 0 saturated carbocycles. The molecule has 3 N–H and O–H groups in total. The summed E-state index contributed by atoms with van der Waals surface area (Å²) in [6, 6.07) is 12.5. The van der Waals surface area contributed by atoms with E-state index in [9.17, 15) is 23.6 Å². The molecule has 7 nitrogen and oxygen atoms in total. The summed E-state index contributed by atoms with van der Waals surface area (Å²) in [5.41, 5.74) is 1.11. The van der Waals surface area contributed by atoms with Crippen molar-refractivity contribution in [3.05, 3.63) is 59.9 Å². The number of benzene rings is 2. The van der Waals surface area contributed by atoms with Gasteiger partial charge >= 0.3 is 0 Å². The maximum Gasteiger partial charge on any atom is 0.237 e. The molecule has 0 radical (unpaired) electrons. The minimum absolute atomic E-state index is 0.0672. The number of hydrogen-bond acceptors (Lipinski definition) is 5. The third-order valence-corrected chi connectivity index (χ3v) is 6.88. The van der Waals surface area contributed by atoms with E-state index in [4.69, 9.17) is 0 Å². The Morgan fingerprint density at radius 2 is 1.67 bits per heavy atom. The van der Waals surface area contributed by atoms with Crippen LogP contribution in [0.15, 0.2) is 48.5 Å². The highest BCUT2D eigenvalue weighted by atomic mass is 32.2. The molecule has 2 aromatic rings. The van der Waals surface area contributed by atoms with Gasteiger partial charge in [-0.15, -0.1) is 11.8 Å². The number of amides is 4. The van der Waals surface area contributed by atoms with Gasteiger partial charge in [0, 0.05) is 17.8 Å². The summed E-state index contributed by atoms with van der Waals surface area (Å²) < 4.78 is 12.9. The zero-order valence-corrected chi connectivity index (χ0v) is 19.3. The second kappa shape index (κ2) is 10.6. The quantitative estimate of drug-likeness (QED) is 0.510. The summed E-state index contributed by atoms with van der Waals surface area (Å²) in [5.74, 6) is -1.41. The second-order valence-electron chi connectivity index (χ2n) is 7.89. The number of thioether (sulfide) groups is 1. The second-order valence-corrected chi connectivity index (χ2v) is 9.22. The first kappa shape index (κ1) is 24.4. The summed E-state index contributed by atoms with van der Waals surface area (Å²) in [6.45, 7) is 3.62. The van der Waals surface area contributed by atoms with E-state index in [1.165, 1.54) is 36.0 Å². The van der Waals surface area contributed by atoms with Crippen LogP contribution in [0.5, 0.6) is 0 Å². The molecule has 4 amide bonds. The van der Waals surface area contributed by atoms with Crippen LogP contribution in [0.1, 0.15) is 38.7 Å². The first-order valence-electron chi connectivity index (χ1n) is 10.7. The highest BCUT2D eigenvalue weighted by Gasteiger charge is 2.42. The number of hydrogen-bond donors (Lipinski definition) is 3. The van der Waals surface area contributed by atoms with Crippen molar-refractivity contribution in [2.45, 2.75) is 43.8 Å². The van der Waals surface area contributed by atoms with E-state index in [-0.39, 0.29) is 35.2 Å². The molecule has 1 aliphatic heterocycles. The van der Waals surface area contributed by atoms with E-state index in [0.29, 0.717) is 30.6 Å². The maximum absolute atomic E-state index is 12.9. The van der Waals surface area contributed by atoms with Crippen molar-refractivity contribution in [1.29, 1.82) is 0 Å². The van der Waals surface area contributed by atoms with Gasteiger partial charge < -0.3 is 10.6 Å². The number of carbonyl (C=O) groups is 4. The third kappa shape index (κ3) is 5.98. The Hall–Kier alpha value is -3.20. The van der Waals surface area contributed by atoms with E-state index in [0.717, 1.165) is 5.56 Å². The Balaban J connectivity index is 1.53. The number of anilines is 2. The van der Waals surface area contributed by atoms with Crippen LogP contribution in [0.4, 0.5) is 15.8 Å². The first-order valence-corrected chi connectivity index (χ1v) is 11.7. The molecule has 1 saturated heterocycles. The van der Waals surface area contributed by atoms with Crippen LogP contribution in [0, 0.1) is 5.82 Å². The van der Waals surface area contributed by atoms with Crippen molar-refractivity contribution in [3.63, 3.8) is 0 Å². The highest BCUT2D eigenvalue weighted by Crippen LogP contribution is 2.36. The van der Waals surface area contributed by atoms with Crippen molar-refractivity contribution in [1.82, 2.24) is 5.32 Å². The van der Waals surface area contributed by atoms with E-state index in [1.54, 1.807) is 31.2 Å². The fourth-order valence-electron chi connectivity index (χ4n) is 3.69. The summed E-state index contributed by atoms with van der Waals surface area (Å²) in [4.78, 5) is 48.6. The molecule has 0 aliphatic carbocycles. The van der Waals surface area contributed by atoms with E-state index >= 15 is 0 Å². The molecule has 2 unspecified atom stereocenters. The Kier molecular flexibility index (Phi) is 7.86. The minimum atomic E-state index is -0.753. The van der Waals surface area contributed by atoms with Gasteiger partial charge in [0.15, 0.2) is 0 Å². The van der Waals surface area contributed by atoms with Crippen molar-refractivity contribution >= 4 is 46.8 Å². The molecular weight excluding hydrogens is 445 g/mol. The van der Waals surface area contributed by atoms with Gasteiger partial charge in [-0.1, -0.05) is 19.1 Å². The SMILES string of the molecule is CCC1(c2ccc(NC(=O)C(C)SCC(=O)Nc3ccc(F)cc3)cc2)CCC(=O)NC1=O. The molecule has 33 heavy (non-hydrogen) atoms. The monoisotopic (exact) mass is 471 g/mol. The molecule has 9 heteroatoms. The van der Waals surface area contributed by atoms with Crippen molar-refractivity contribution < 1.29 is 23.6 Å². The summed E-state index contributed by atoms with van der Waals surface area (Å²) in [7, 11) is 0. The van der Waals surface area contributed by atoms with Crippen LogP contribution in [-0.2, 0) is 24.6 Å². The lowest BCUT2D eigenvalue weighted by atomic mass is 9.72. The predicted octanol–water partition coefficient (Wildman–Crippen LogP) is 3.61. The average molecular weight is 472 g/mol. The molecule has 2 atom stereocenters. The number of rotatable bonds is 8. The normalized spacial score (nSPS) is 18.9. The van der Waals surface area contributed by atoms with Crippen LogP contribution >= 0.6 is 11.8 Å². The van der Waals surface area contributed by atoms with Gasteiger partial charge in [0.2, 0.25) is 23.6 Å². The fourth-order valence-corrected chi connectivity index (χ4v) is 4.37. The van der Waals surface area contributed by atoms with Crippen molar-refractivity contribution in [2.24, 2.45) is 0 Å². The van der Waals surface area contributed by atoms with Crippen LogP contribution in [0.25, 0.3) is 0 Å². The van der Waals surface area contributed by atoms with Gasteiger partial charge in [-0.05, 0) is 61.7 Å². The molecule has 0 bridgehead atoms. The lowest BCUT2D eigenvalue weighted by Crippen LogP contribution is -2.51. The topological polar surface area (TPSA) is 104 Å². The molecule has 3 rings (SSSR count). The third-order valence-electron chi connectivity index (χ3n) is 5.74. The maximum atomic E-state index is 12.9. The van der Waals surface area contributed by atoms with E-state index in [2.05, 4.69) is 16.0 Å². The Bertz CT molecular complexity index is 1040. The number of carbonyl (C=O) groups excluding carboxylic acids is 4. The highest BCUT2D eigenvalue weighted by molar-refractivity contribution is 8.01. The number of halogens is 1. The first-order chi connectivity index (χ1) is 15.7. The van der Waals surface area contributed by atoms with Crippen molar-refractivity contribution in [2.75, 3.05) is 16.4 Å². The average Bonchev–Trinajstić information content (AvgIpc) is 2.80. The van der Waals surface area contributed by atoms with Gasteiger partial charge in [-0.2, -0.15) is 0 Å². The van der Waals surface area contributed by atoms with Gasteiger partial charge in [0.25, 0.3) is 0 Å². The number of nitrogens with one attached hydrogen (secondary N) is 3. The molecule has 0 spiro atoms. The molecule has 174 valence electrons. The van der Waals surface area contributed by atoms with Crippen LogP contribution in [0.3, 0.4) is 0 Å². The Labute approximate surface area is 195 Å². The van der Waals surface area contributed by atoms with E-state index < -0.39 is 10.7 Å². The van der Waals surface area contributed by atoms with Crippen LogP contribution < -0.4 is 16.0 Å². The smallest absolute Gasteiger partial charge is 0.237 e. The number of piperidine rings is 1. The zero-order chi connectivity index (χ0) is 24.0. The minimum Gasteiger partial charge on any atom is -0.325 e. The van der Waals surface area contributed by atoms with Crippen molar-refractivity contribution in [3.8, 4) is 0 Å². The Morgan fingerprint density at radius 3 is 2.27 bits per heavy atom. The molecule has 1 fully saturated rings. The van der Waals surface area contributed by atoms with Gasteiger partial charge in [-0.3, -0.25) is 24.5 Å². The van der Waals surface area contributed by atoms with E-state index in [1.807, 2.05) is 6.92 Å². The molecular formula is C24H26FN3O4S. The molecule has 2 aromatic carbocycles. The number of imide groups is 1. The summed E-state index contributed by atoms with van der Waals surface area (Å²) in [6.07, 6.45) is 1.31.